The summed E-state index contributed by atoms with van der Waals surface area (Å²) in [6.07, 6.45) is 0.197. The zero-order chi connectivity index (χ0) is 19.5. The first-order valence-corrected chi connectivity index (χ1v) is 9.12. The summed E-state index contributed by atoms with van der Waals surface area (Å²) in [6, 6.07) is 13.9. The fraction of sp³-hybridized carbons (Fsp3) is 0.300. The highest BCUT2D eigenvalue weighted by Crippen LogP contribution is 2.17. The van der Waals surface area contributed by atoms with Crippen LogP contribution in [0.4, 0.5) is 0 Å². The number of rotatable bonds is 10. The zero-order valence-electron chi connectivity index (χ0n) is 15.2. The predicted octanol–water partition coefficient (Wildman–Crippen LogP) is 3.05. The first kappa shape index (κ1) is 20.6. The Morgan fingerprint density at radius 3 is 2.15 bits per heavy atom. The summed E-state index contributed by atoms with van der Waals surface area (Å²) in [4.78, 5) is 23.7. The van der Waals surface area contributed by atoms with E-state index in [2.05, 4.69) is 10.6 Å². The number of benzene rings is 2. The molecule has 0 saturated heterocycles. The molecule has 2 aromatic rings. The Labute approximate surface area is 163 Å². The van der Waals surface area contributed by atoms with Crippen molar-refractivity contribution in [3.63, 3.8) is 0 Å². The van der Waals surface area contributed by atoms with Crippen LogP contribution in [0.25, 0.3) is 0 Å². The van der Waals surface area contributed by atoms with Crippen LogP contribution < -0.4 is 20.1 Å². The van der Waals surface area contributed by atoms with Gasteiger partial charge in [0, 0.05) is 23.6 Å². The maximum absolute atomic E-state index is 11.9. The third-order valence-electron chi connectivity index (χ3n) is 3.57. The number of carbonyl (C=O) groups is 2. The van der Waals surface area contributed by atoms with Gasteiger partial charge in [-0.15, -0.1) is 0 Å². The van der Waals surface area contributed by atoms with Crippen LogP contribution in [-0.2, 0) is 4.79 Å². The monoisotopic (exact) mass is 390 g/mol. The molecule has 0 aliphatic heterocycles. The first-order valence-electron chi connectivity index (χ1n) is 8.74. The van der Waals surface area contributed by atoms with E-state index >= 15 is 0 Å². The molecule has 27 heavy (non-hydrogen) atoms. The fourth-order valence-corrected chi connectivity index (χ4v) is 2.37. The van der Waals surface area contributed by atoms with Gasteiger partial charge in [-0.3, -0.25) is 9.59 Å². The van der Waals surface area contributed by atoms with E-state index in [0.29, 0.717) is 36.1 Å². The molecule has 0 aliphatic rings. The molecule has 0 aliphatic carbocycles. The minimum Gasteiger partial charge on any atom is -0.494 e. The van der Waals surface area contributed by atoms with E-state index in [0.717, 1.165) is 5.75 Å². The number of ether oxygens (including phenoxy) is 2. The van der Waals surface area contributed by atoms with Crippen LogP contribution in [0.2, 0.25) is 5.02 Å². The van der Waals surface area contributed by atoms with Gasteiger partial charge >= 0.3 is 0 Å². The normalized spacial score (nSPS) is 10.1. The van der Waals surface area contributed by atoms with E-state index in [1.54, 1.807) is 24.3 Å². The third kappa shape index (κ3) is 7.58. The Balaban J connectivity index is 1.58. The molecule has 0 heterocycles. The summed E-state index contributed by atoms with van der Waals surface area (Å²) in [7, 11) is 0. The summed E-state index contributed by atoms with van der Waals surface area (Å²) in [5.41, 5.74) is 0.503. The second-order valence-corrected chi connectivity index (χ2v) is 6.05. The maximum atomic E-state index is 11.9. The van der Waals surface area contributed by atoms with Gasteiger partial charge in [-0.2, -0.15) is 0 Å². The average molecular weight is 391 g/mol. The van der Waals surface area contributed by atoms with Crippen LogP contribution in [0, 0.1) is 0 Å². The lowest BCUT2D eigenvalue weighted by Crippen LogP contribution is -2.32. The quantitative estimate of drug-likeness (QED) is 0.611. The van der Waals surface area contributed by atoms with E-state index < -0.39 is 0 Å². The van der Waals surface area contributed by atoms with Crippen molar-refractivity contribution < 1.29 is 19.1 Å². The van der Waals surface area contributed by atoms with Crippen molar-refractivity contribution >= 4 is 23.4 Å². The minimum atomic E-state index is -0.238. The second-order valence-electron chi connectivity index (χ2n) is 5.62. The molecule has 7 heteroatoms. The number of nitrogens with one attached hydrogen (secondary N) is 2. The average Bonchev–Trinajstić information content (AvgIpc) is 2.67. The predicted molar refractivity (Wildman–Crippen MR) is 105 cm³/mol. The van der Waals surface area contributed by atoms with Crippen LogP contribution >= 0.6 is 11.6 Å². The van der Waals surface area contributed by atoms with Crippen molar-refractivity contribution in [2.24, 2.45) is 0 Å². The SMILES string of the molecule is CCOc1ccc(OCCNC(=O)CCNC(=O)c2ccc(Cl)cc2)cc1. The van der Waals surface area contributed by atoms with Gasteiger partial charge in [0.2, 0.25) is 5.91 Å². The standard InChI is InChI=1S/C20H23ClN2O4/c1-2-26-17-7-9-18(10-8-17)27-14-13-22-19(24)11-12-23-20(25)15-3-5-16(21)6-4-15/h3-10H,2,11-14H2,1H3,(H,22,24)(H,23,25). The lowest BCUT2D eigenvalue weighted by Gasteiger charge is -2.09. The minimum absolute atomic E-state index is 0.151. The number of amides is 2. The van der Waals surface area contributed by atoms with Crippen molar-refractivity contribution in [2.75, 3.05) is 26.3 Å². The van der Waals surface area contributed by atoms with E-state index in [1.165, 1.54) is 0 Å². The Morgan fingerprint density at radius 2 is 1.52 bits per heavy atom. The molecule has 2 amide bonds. The molecule has 0 bridgehead atoms. The number of hydrogen-bond acceptors (Lipinski definition) is 4. The third-order valence-corrected chi connectivity index (χ3v) is 3.82. The molecular weight excluding hydrogens is 368 g/mol. The molecule has 0 fully saturated rings. The van der Waals surface area contributed by atoms with Crippen LogP contribution in [0.15, 0.2) is 48.5 Å². The van der Waals surface area contributed by atoms with Crippen LogP contribution in [0.3, 0.4) is 0 Å². The van der Waals surface area contributed by atoms with Crippen molar-refractivity contribution in [1.29, 1.82) is 0 Å². The molecular formula is C20H23ClN2O4. The van der Waals surface area contributed by atoms with Gasteiger partial charge in [0.05, 0.1) is 13.2 Å². The molecule has 144 valence electrons. The molecule has 0 unspecified atom stereocenters. The molecule has 0 aromatic heterocycles. The number of carbonyl (C=O) groups excluding carboxylic acids is 2. The van der Waals surface area contributed by atoms with Gasteiger partial charge in [-0.1, -0.05) is 11.6 Å². The van der Waals surface area contributed by atoms with Crippen molar-refractivity contribution in [2.45, 2.75) is 13.3 Å². The van der Waals surface area contributed by atoms with Crippen molar-refractivity contribution in [1.82, 2.24) is 10.6 Å². The van der Waals surface area contributed by atoms with E-state index in [9.17, 15) is 9.59 Å². The largest absolute Gasteiger partial charge is 0.494 e. The van der Waals surface area contributed by atoms with Crippen LogP contribution in [-0.4, -0.2) is 38.1 Å². The van der Waals surface area contributed by atoms with Crippen molar-refractivity contribution in [3.8, 4) is 11.5 Å². The first-order chi connectivity index (χ1) is 13.1. The van der Waals surface area contributed by atoms with Gasteiger partial charge in [0.1, 0.15) is 18.1 Å². The summed E-state index contributed by atoms with van der Waals surface area (Å²) in [5, 5.41) is 6.01. The zero-order valence-corrected chi connectivity index (χ0v) is 15.9. The van der Waals surface area contributed by atoms with E-state index in [-0.39, 0.29) is 24.8 Å². The second kappa shape index (κ2) is 11.1. The highest BCUT2D eigenvalue weighted by atomic mass is 35.5. The summed E-state index contributed by atoms with van der Waals surface area (Å²) in [5.74, 6) is 1.11. The van der Waals surface area contributed by atoms with Gasteiger partial charge in [-0.05, 0) is 55.5 Å². The molecule has 0 spiro atoms. The van der Waals surface area contributed by atoms with Crippen molar-refractivity contribution in [3.05, 3.63) is 59.1 Å². The number of hydrogen-bond donors (Lipinski definition) is 2. The Bertz CT molecular complexity index is 733. The summed E-state index contributed by atoms with van der Waals surface area (Å²) < 4.78 is 10.9. The lowest BCUT2D eigenvalue weighted by molar-refractivity contribution is -0.121. The van der Waals surface area contributed by atoms with Crippen LogP contribution in [0.1, 0.15) is 23.7 Å². The van der Waals surface area contributed by atoms with Gasteiger partial charge in [0.15, 0.2) is 0 Å². The number of halogens is 1. The highest BCUT2D eigenvalue weighted by molar-refractivity contribution is 6.30. The van der Waals surface area contributed by atoms with Gasteiger partial charge < -0.3 is 20.1 Å². The van der Waals surface area contributed by atoms with Gasteiger partial charge in [-0.25, -0.2) is 0 Å². The van der Waals surface area contributed by atoms with Crippen LogP contribution in [0.5, 0.6) is 11.5 Å². The molecule has 2 aromatic carbocycles. The van der Waals surface area contributed by atoms with Gasteiger partial charge in [0.25, 0.3) is 5.91 Å². The topological polar surface area (TPSA) is 76.7 Å². The molecule has 0 radical (unpaired) electrons. The molecule has 2 rings (SSSR count). The lowest BCUT2D eigenvalue weighted by atomic mass is 10.2. The fourth-order valence-electron chi connectivity index (χ4n) is 2.24. The Hall–Kier alpha value is -2.73. The van der Waals surface area contributed by atoms with E-state index in [4.69, 9.17) is 21.1 Å². The van der Waals surface area contributed by atoms with E-state index in [1.807, 2.05) is 31.2 Å². The smallest absolute Gasteiger partial charge is 0.251 e. The maximum Gasteiger partial charge on any atom is 0.251 e. The highest BCUT2D eigenvalue weighted by Gasteiger charge is 2.06. The molecule has 2 N–H and O–H groups in total. The molecule has 6 nitrogen and oxygen atoms in total. The molecule has 0 atom stereocenters. The Morgan fingerprint density at radius 1 is 0.889 bits per heavy atom. The summed E-state index contributed by atoms with van der Waals surface area (Å²) >= 11 is 5.78. The summed E-state index contributed by atoms with van der Waals surface area (Å²) in [6.45, 7) is 3.55. The molecule has 0 saturated carbocycles. The Kier molecular flexibility index (Phi) is 8.45.